The van der Waals surface area contributed by atoms with Gasteiger partial charge in [0, 0.05) is 12.8 Å². The summed E-state index contributed by atoms with van der Waals surface area (Å²) in [6.07, 6.45) is 89.9. The summed E-state index contributed by atoms with van der Waals surface area (Å²) in [4.78, 5) is 37.5. The van der Waals surface area contributed by atoms with Gasteiger partial charge in [-0.2, -0.15) is 0 Å². The van der Waals surface area contributed by atoms with Crippen LogP contribution in [0.5, 0.6) is 0 Å². The van der Waals surface area contributed by atoms with Crippen molar-refractivity contribution in [3.8, 4) is 0 Å². The third kappa shape index (κ3) is 72.9. The summed E-state index contributed by atoms with van der Waals surface area (Å²) in [7, 11) is 5.94. The Hall–Kier alpha value is -2.49. The lowest BCUT2D eigenvalue weighted by Gasteiger charge is -2.26. The van der Waals surface area contributed by atoms with E-state index in [0.29, 0.717) is 23.9 Å². The van der Waals surface area contributed by atoms with Crippen LogP contribution in [0.4, 0.5) is 0 Å². The van der Waals surface area contributed by atoms with Crippen LogP contribution in [0.25, 0.3) is 0 Å². The van der Waals surface area contributed by atoms with E-state index in [-0.39, 0.29) is 32.2 Å². The Morgan fingerprint density at radius 2 is 0.600 bits per heavy atom. The molecule has 90 heavy (non-hydrogen) atoms. The van der Waals surface area contributed by atoms with Gasteiger partial charge in [-0.05, 0) is 51.4 Å². The molecular formula is C81H153NO8. The number of rotatable bonds is 75. The Kier molecular flexibility index (Phi) is 70.3. The fourth-order valence-electron chi connectivity index (χ4n) is 12.1. The third-order valence-corrected chi connectivity index (χ3v) is 18.1. The number of hydrogen-bond acceptors (Lipinski definition) is 8. The maximum Gasteiger partial charge on any atom is 0.306 e. The Bertz CT molecular complexity index is 1570. The highest BCUT2D eigenvalue weighted by molar-refractivity contribution is 5.70. The zero-order valence-corrected chi connectivity index (χ0v) is 60.8. The molecule has 9 nitrogen and oxygen atoms in total. The van der Waals surface area contributed by atoms with Crippen LogP contribution in [-0.4, -0.2) is 82.3 Å². The number of hydrogen-bond donors (Lipinski definition) is 0. The quantitative estimate of drug-likeness (QED) is 0.0195. The zero-order valence-electron chi connectivity index (χ0n) is 60.8. The summed E-state index contributed by atoms with van der Waals surface area (Å²) in [6.45, 7) is 4.80. The van der Waals surface area contributed by atoms with Gasteiger partial charge in [0.2, 0.25) is 0 Å². The molecule has 0 heterocycles. The second kappa shape index (κ2) is 72.3. The average molecular weight is 1270 g/mol. The minimum Gasteiger partial charge on any atom is -0.545 e. The molecule has 0 radical (unpaired) electrons. The van der Waals surface area contributed by atoms with Crippen molar-refractivity contribution in [2.45, 2.75) is 418 Å². The fraction of sp³-hybridized carbons (Fsp3) is 0.889. The number of unbranched alkanes of at least 4 members (excludes halogenated alkanes) is 54. The van der Waals surface area contributed by atoms with Gasteiger partial charge >= 0.3 is 11.9 Å². The second-order valence-corrected chi connectivity index (χ2v) is 28.4. The van der Waals surface area contributed by atoms with E-state index in [1.54, 1.807) is 0 Å². The number of nitrogens with zero attached hydrogens (tertiary/aromatic N) is 1. The first-order valence-electron chi connectivity index (χ1n) is 39.6. The minimum absolute atomic E-state index is 0.149. The van der Waals surface area contributed by atoms with E-state index in [1.165, 1.54) is 321 Å². The number of carboxylic acid groups (broad SMARTS) is 1. The third-order valence-electron chi connectivity index (χ3n) is 18.1. The van der Waals surface area contributed by atoms with Crippen molar-refractivity contribution >= 4 is 17.9 Å². The highest BCUT2D eigenvalue weighted by atomic mass is 16.7. The smallest absolute Gasteiger partial charge is 0.306 e. The molecule has 0 spiro atoms. The summed E-state index contributed by atoms with van der Waals surface area (Å²) in [6, 6.07) is 0. The molecule has 0 aromatic rings. The maximum atomic E-state index is 12.9. The lowest BCUT2D eigenvalue weighted by molar-refractivity contribution is -0.870. The topological polar surface area (TPSA) is 111 Å². The van der Waals surface area contributed by atoms with E-state index in [9.17, 15) is 19.5 Å². The molecule has 0 aliphatic rings. The van der Waals surface area contributed by atoms with Gasteiger partial charge in [0.25, 0.3) is 0 Å². The summed E-state index contributed by atoms with van der Waals surface area (Å²) < 4.78 is 22.8. The molecule has 0 bridgehead atoms. The highest BCUT2D eigenvalue weighted by Gasteiger charge is 2.22. The SMILES string of the molecule is CCCCCCC/C=C\C/C=C\C/C=C\CCCCCCCCCCCCC(=O)OC(COC(=O)CCCCCCCCCCCCCCCCCCCCCCCCCCCCCCCCCCCCCCCCCC)COC(OCC[N+](C)(C)C)C(=O)[O-]. The van der Waals surface area contributed by atoms with Gasteiger partial charge in [-0.3, -0.25) is 9.59 Å². The average Bonchev–Trinajstić information content (AvgIpc) is 3.73. The second-order valence-electron chi connectivity index (χ2n) is 28.4. The number of aliphatic carboxylic acids is 1. The predicted molar refractivity (Wildman–Crippen MR) is 385 cm³/mol. The Morgan fingerprint density at radius 3 is 0.889 bits per heavy atom. The summed E-state index contributed by atoms with van der Waals surface area (Å²) in [5.41, 5.74) is 0. The van der Waals surface area contributed by atoms with Crippen LogP contribution < -0.4 is 5.11 Å². The number of quaternary nitrogens is 1. The standard InChI is InChI=1S/C81H153NO8/c1-6-8-10-12-14-16-18-20-22-24-26-28-30-32-33-34-35-36-37-38-39-40-41-42-43-44-45-46-48-49-51-53-55-57-59-61-63-65-67-69-71-78(83)88-75-77(76-89-81(80(85)86)87-74-73-82(3,4)5)90-79(84)72-70-68-66-64-62-60-58-56-54-52-50-47-31-29-27-25-23-21-19-17-15-13-11-9-7-2/h19,21,25,27,31,47,77,81H,6-18,20,22-24,26,28-30,32-46,48-76H2,1-5H3/b21-19-,27-25-,47-31-. The van der Waals surface area contributed by atoms with Crippen molar-refractivity contribution in [2.75, 3.05) is 47.5 Å². The number of likely N-dealkylation sites (N-methyl/N-ethyl adjacent to an activating group) is 1. The minimum atomic E-state index is -1.62. The largest absolute Gasteiger partial charge is 0.545 e. The van der Waals surface area contributed by atoms with Crippen LogP contribution >= 0.6 is 0 Å². The Balaban J connectivity index is 3.93. The first kappa shape index (κ1) is 87.5. The van der Waals surface area contributed by atoms with E-state index in [2.05, 4.69) is 50.3 Å². The van der Waals surface area contributed by atoms with Gasteiger partial charge in [-0.1, -0.05) is 378 Å². The molecule has 0 aliphatic heterocycles. The number of carbonyl (C=O) groups excluding carboxylic acids is 3. The lowest BCUT2D eigenvalue weighted by Crippen LogP contribution is -2.44. The van der Waals surface area contributed by atoms with Gasteiger partial charge in [-0.15, -0.1) is 0 Å². The van der Waals surface area contributed by atoms with Crippen molar-refractivity contribution in [3.63, 3.8) is 0 Å². The molecular weight excluding hydrogens is 1110 g/mol. The molecule has 0 aliphatic carbocycles. The molecule has 0 aromatic heterocycles. The first-order chi connectivity index (χ1) is 44.1. The molecule has 2 unspecified atom stereocenters. The monoisotopic (exact) mass is 1270 g/mol. The molecule has 0 rings (SSSR count). The maximum absolute atomic E-state index is 12.9. The normalized spacial score (nSPS) is 12.8. The number of esters is 2. The number of carboxylic acids is 1. The van der Waals surface area contributed by atoms with Gasteiger partial charge in [0.05, 0.1) is 40.3 Å². The molecule has 0 saturated carbocycles. The van der Waals surface area contributed by atoms with Crippen molar-refractivity contribution in [3.05, 3.63) is 36.5 Å². The van der Waals surface area contributed by atoms with E-state index in [4.69, 9.17) is 18.9 Å². The van der Waals surface area contributed by atoms with Gasteiger partial charge in [0.1, 0.15) is 13.2 Å². The molecule has 0 amide bonds. The van der Waals surface area contributed by atoms with Crippen LogP contribution in [0.15, 0.2) is 36.5 Å². The fourth-order valence-corrected chi connectivity index (χ4v) is 12.1. The van der Waals surface area contributed by atoms with Crippen molar-refractivity contribution in [1.29, 1.82) is 0 Å². The summed E-state index contributed by atoms with van der Waals surface area (Å²) in [5, 5.41) is 11.8. The zero-order chi connectivity index (χ0) is 65.4. The lowest BCUT2D eigenvalue weighted by atomic mass is 10.0. The van der Waals surface area contributed by atoms with E-state index in [1.807, 2.05) is 21.1 Å². The molecule has 0 saturated heterocycles. The van der Waals surface area contributed by atoms with Gasteiger partial charge in [0.15, 0.2) is 12.4 Å². The predicted octanol–water partition coefficient (Wildman–Crippen LogP) is 23.8. The van der Waals surface area contributed by atoms with Crippen LogP contribution in [-0.2, 0) is 33.3 Å². The Labute approximate surface area is 560 Å². The van der Waals surface area contributed by atoms with Crippen molar-refractivity contribution in [1.82, 2.24) is 0 Å². The Morgan fingerprint density at radius 1 is 0.333 bits per heavy atom. The summed E-state index contributed by atoms with van der Waals surface area (Å²) in [5.74, 6) is -2.26. The van der Waals surface area contributed by atoms with Crippen LogP contribution in [0.2, 0.25) is 0 Å². The van der Waals surface area contributed by atoms with E-state index < -0.39 is 24.3 Å². The molecule has 0 N–H and O–H groups in total. The molecule has 9 heteroatoms. The molecule has 0 aromatic carbocycles. The first-order valence-corrected chi connectivity index (χ1v) is 39.6. The van der Waals surface area contributed by atoms with Crippen LogP contribution in [0.3, 0.4) is 0 Å². The molecule has 2 atom stereocenters. The number of carbonyl (C=O) groups is 3. The molecule has 0 fully saturated rings. The van der Waals surface area contributed by atoms with E-state index >= 15 is 0 Å². The van der Waals surface area contributed by atoms with Gasteiger partial charge in [-0.25, -0.2) is 0 Å². The number of ether oxygens (including phenoxy) is 4. The molecule has 530 valence electrons. The highest BCUT2D eigenvalue weighted by Crippen LogP contribution is 2.20. The van der Waals surface area contributed by atoms with Crippen molar-refractivity contribution < 1.29 is 42.9 Å². The van der Waals surface area contributed by atoms with Crippen LogP contribution in [0.1, 0.15) is 406 Å². The number of allylic oxidation sites excluding steroid dienone is 6. The summed E-state index contributed by atoms with van der Waals surface area (Å²) >= 11 is 0. The van der Waals surface area contributed by atoms with Gasteiger partial charge < -0.3 is 33.3 Å². The van der Waals surface area contributed by atoms with E-state index in [0.717, 1.165) is 51.4 Å². The van der Waals surface area contributed by atoms with Crippen LogP contribution in [0, 0.1) is 0 Å². The van der Waals surface area contributed by atoms with Crippen molar-refractivity contribution in [2.24, 2.45) is 0 Å².